The molecule has 0 saturated heterocycles. The molecule has 0 amide bonds. The zero-order chi connectivity index (χ0) is 13.2. The maximum Gasteiger partial charge on any atom is 0.170 e. The first-order chi connectivity index (χ1) is 7.83. The van der Waals surface area contributed by atoms with Crippen molar-refractivity contribution in [3.05, 3.63) is 27.7 Å². The van der Waals surface area contributed by atoms with Gasteiger partial charge in [0.25, 0.3) is 0 Å². The van der Waals surface area contributed by atoms with Crippen molar-refractivity contribution in [2.24, 2.45) is 5.41 Å². The molecule has 0 bridgehead atoms. The molecule has 0 unspecified atom stereocenters. The van der Waals surface area contributed by atoms with E-state index < -0.39 is 5.41 Å². The van der Waals surface area contributed by atoms with E-state index in [1.54, 1.807) is 12.1 Å². The fourth-order valence-electron chi connectivity index (χ4n) is 1.38. The molecule has 0 spiro atoms. The number of carbonyl (C=O) groups excluding carboxylic acids is 1. The van der Waals surface area contributed by atoms with Gasteiger partial charge in [0.15, 0.2) is 5.78 Å². The van der Waals surface area contributed by atoms with Gasteiger partial charge in [0.1, 0.15) is 5.75 Å². The van der Waals surface area contributed by atoms with Gasteiger partial charge in [-0.25, -0.2) is 0 Å². The fourth-order valence-corrected chi connectivity index (χ4v) is 1.93. The minimum atomic E-state index is -0.442. The molecule has 0 aliphatic carbocycles. The Hall–Kier alpha value is -0.730. The Kier molecular flexibility index (Phi) is 4.45. The first kappa shape index (κ1) is 14.3. The van der Waals surface area contributed by atoms with E-state index in [9.17, 15) is 4.79 Å². The van der Waals surface area contributed by atoms with Gasteiger partial charge in [-0.1, -0.05) is 44.0 Å². The molecular formula is C13H16Cl2O2. The number of ether oxygens (including phenoxy) is 1. The molecule has 2 nitrogen and oxygen atoms in total. The van der Waals surface area contributed by atoms with Crippen molar-refractivity contribution in [1.82, 2.24) is 0 Å². The molecular weight excluding hydrogens is 259 g/mol. The van der Waals surface area contributed by atoms with Crippen LogP contribution >= 0.6 is 23.2 Å². The molecule has 0 aromatic heterocycles. The second-order valence-corrected chi connectivity index (χ2v) is 5.35. The molecule has 0 atom stereocenters. The van der Waals surface area contributed by atoms with Gasteiger partial charge in [-0.15, -0.1) is 0 Å². The Morgan fingerprint density at radius 1 is 1.29 bits per heavy atom. The summed E-state index contributed by atoms with van der Waals surface area (Å²) in [5, 5.41) is 0.769. The highest BCUT2D eigenvalue weighted by molar-refractivity contribution is 6.37. The minimum Gasteiger partial charge on any atom is -0.495 e. The fraction of sp³-hybridized carbons (Fsp3) is 0.462. The summed E-state index contributed by atoms with van der Waals surface area (Å²) in [6, 6.07) is 3.14. The molecule has 0 radical (unpaired) electrons. The second-order valence-electron chi connectivity index (χ2n) is 4.53. The zero-order valence-electron chi connectivity index (χ0n) is 10.4. The molecule has 1 aromatic rings. The van der Waals surface area contributed by atoms with E-state index in [2.05, 4.69) is 0 Å². The van der Waals surface area contributed by atoms with Crippen molar-refractivity contribution < 1.29 is 9.53 Å². The molecule has 94 valence electrons. The van der Waals surface area contributed by atoms with Crippen LogP contribution in [0.3, 0.4) is 0 Å². The molecule has 0 fully saturated rings. The largest absolute Gasteiger partial charge is 0.495 e. The van der Waals surface area contributed by atoms with Crippen LogP contribution in [-0.2, 0) is 0 Å². The summed E-state index contributed by atoms with van der Waals surface area (Å²) in [6.07, 6.45) is 0.743. The molecule has 1 aromatic carbocycles. The van der Waals surface area contributed by atoms with E-state index in [0.29, 0.717) is 21.4 Å². The van der Waals surface area contributed by atoms with Crippen LogP contribution < -0.4 is 4.74 Å². The summed E-state index contributed by atoms with van der Waals surface area (Å²) in [4.78, 5) is 12.3. The molecule has 1 rings (SSSR count). The number of benzene rings is 1. The third kappa shape index (κ3) is 2.93. The maximum atomic E-state index is 12.3. The van der Waals surface area contributed by atoms with Crippen LogP contribution in [0.4, 0.5) is 0 Å². The van der Waals surface area contributed by atoms with Gasteiger partial charge in [0, 0.05) is 11.0 Å². The van der Waals surface area contributed by atoms with Gasteiger partial charge in [0.05, 0.1) is 17.2 Å². The average Bonchev–Trinajstić information content (AvgIpc) is 2.28. The molecule has 0 heterocycles. The van der Waals surface area contributed by atoms with Crippen molar-refractivity contribution in [1.29, 1.82) is 0 Å². The van der Waals surface area contributed by atoms with Crippen molar-refractivity contribution in [3.8, 4) is 5.75 Å². The lowest BCUT2D eigenvalue weighted by atomic mass is 9.82. The quantitative estimate of drug-likeness (QED) is 0.749. The van der Waals surface area contributed by atoms with Crippen LogP contribution in [-0.4, -0.2) is 12.9 Å². The van der Waals surface area contributed by atoms with E-state index in [-0.39, 0.29) is 5.78 Å². The standard InChI is InChI=1S/C13H16Cl2O2/c1-5-13(2,3)12(16)8-6-11(17-4)10(15)7-9(8)14/h6-7H,5H2,1-4H3. The first-order valence-electron chi connectivity index (χ1n) is 5.41. The van der Waals surface area contributed by atoms with Gasteiger partial charge < -0.3 is 4.74 Å². The number of methoxy groups -OCH3 is 1. The van der Waals surface area contributed by atoms with E-state index >= 15 is 0 Å². The lowest BCUT2D eigenvalue weighted by Crippen LogP contribution is -2.23. The van der Waals surface area contributed by atoms with Gasteiger partial charge in [-0.2, -0.15) is 0 Å². The smallest absolute Gasteiger partial charge is 0.170 e. The second kappa shape index (κ2) is 5.28. The van der Waals surface area contributed by atoms with E-state index in [4.69, 9.17) is 27.9 Å². The van der Waals surface area contributed by atoms with E-state index in [0.717, 1.165) is 6.42 Å². The Morgan fingerprint density at radius 2 is 1.88 bits per heavy atom. The maximum absolute atomic E-state index is 12.3. The summed E-state index contributed by atoms with van der Waals surface area (Å²) in [7, 11) is 1.51. The van der Waals surface area contributed by atoms with Crippen molar-refractivity contribution in [2.45, 2.75) is 27.2 Å². The topological polar surface area (TPSA) is 26.3 Å². The van der Waals surface area contributed by atoms with Gasteiger partial charge in [0.2, 0.25) is 0 Å². The Labute approximate surface area is 112 Å². The molecule has 0 N–H and O–H groups in total. The normalized spacial score (nSPS) is 11.4. The number of carbonyl (C=O) groups is 1. The number of hydrogen-bond donors (Lipinski definition) is 0. The van der Waals surface area contributed by atoms with Crippen molar-refractivity contribution in [2.75, 3.05) is 7.11 Å². The summed E-state index contributed by atoms with van der Waals surface area (Å²) in [5.41, 5.74) is 0.0161. The molecule has 0 aliphatic heterocycles. The average molecular weight is 275 g/mol. The van der Waals surface area contributed by atoms with Crippen LogP contribution in [0.1, 0.15) is 37.6 Å². The SMILES string of the molecule is CCC(C)(C)C(=O)c1cc(OC)c(Cl)cc1Cl. The van der Waals surface area contributed by atoms with Crippen LogP contribution in [0.2, 0.25) is 10.0 Å². The number of Topliss-reactive ketones (excluding diaryl/α,β-unsaturated/α-hetero) is 1. The lowest BCUT2D eigenvalue weighted by Gasteiger charge is -2.22. The minimum absolute atomic E-state index is 0.0000309. The van der Waals surface area contributed by atoms with Crippen LogP contribution in [0.25, 0.3) is 0 Å². The molecule has 0 aliphatic rings. The predicted octanol–water partition coefficient (Wildman–Crippen LogP) is 4.62. The number of ketones is 1. The van der Waals surface area contributed by atoms with Gasteiger partial charge in [-0.3, -0.25) is 4.79 Å². The Bertz CT molecular complexity index is 439. The summed E-state index contributed by atoms with van der Waals surface area (Å²) in [6.45, 7) is 5.76. The highest BCUT2D eigenvalue weighted by atomic mass is 35.5. The van der Waals surface area contributed by atoms with Crippen LogP contribution in [0.15, 0.2) is 12.1 Å². The Balaban J connectivity index is 3.27. The van der Waals surface area contributed by atoms with E-state index in [1.165, 1.54) is 7.11 Å². The van der Waals surface area contributed by atoms with Gasteiger partial charge in [-0.05, 0) is 18.6 Å². The highest BCUT2D eigenvalue weighted by Crippen LogP contribution is 2.35. The van der Waals surface area contributed by atoms with Crippen molar-refractivity contribution >= 4 is 29.0 Å². The summed E-state index contributed by atoms with van der Waals surface area (Å²) in [5.74, 6) is 0.464. The van der Waals surface area contributed by atoms with Gasteiger partial charge >= 0.3 is 0 Å². The molecule has 17 heavy (non-hydrogen) atoms. The Morgan fingerprint density at radius 3 is 2.35 bits per heavy atom. The van der Waals surface area contributed by atoms with Crippen LogP contribution in [0, 0.1) is 5.41 Å². The van der Waals surface area contributed by atoms with Crippen molar-refractivity contribution in [3.63, 3.8) is 0 Å². The third-order valence-corrected chi connectivity index (χ3v) is 3.59. The van der Waals surface area contributed by atoms with E-state index in [1.807, 2.05) is 20.8 Å². The monoisotopic (exact) mass is 274 g/mol. The summed E-state index contributed by atoms with van der Waals surface area (Å²) >= 11 is 12.0. The number of hydrogen-bond acceptors (Lipinski definition) is 2. The lowest BCUT2D eigenvalue weighted by molar-refractivity contribution is 0.0833. The predicted molar refractivity (Wildman–Crippen MR) is 71.4 cm³/mol. The molecule has 4 heteroatoms. The highest BCUT2D eigenvalue weighted by Gasteiger charge is 2.28. The molecule has 0 saturated carbocycles. The van der Waals surface area contributed by atoms with Crippen LogP contribution in [0.5, 0.6) is 5.75 Å². The number of rotatable bonds is 4. The first-order valence-corrected chi connectivity index (χ1v) is 6.17. The zero-order valence-corrected chi connectivity index (χ0v) is 11.9. The summed E-state index contributed by atoms with van der Waals surface area (Å²) < 4.78 is 5.09. The number of halogens is 2. The third-order valence-electron chi connectivity index (χ3n) is 2.98.